The van der Waals surface area contributed by atoms with Crippen molar-refractivity contribution in [3.05, 3.63) is 23.3 Å². The van der Waals surface area contributed by atoms with Gasteiger partial charge in [-0.15, -0.1) is 0 Å². The predicted molar refractivity (Wildman–Crippen MR) is 75.8 cm³/mol. The summed E-state index contributed by atoms with van der Waals surface area (Å²) < 4.78 is 0. The summed E-state index contributed by atoms with van der Waals surface area (Å²) in [6, 6.07) is 0. The minimum absolute atomic E-state index is 0.0416. The molecule has 3 N–H and O–H groups in total. The average Bonchev–Trinajstić information content (AvgIpc) is 2.23. The minimum Gasteiger partial charge on any atom is -0.375 e. The molecular formula is C12H19N3OS. The number of allylic oxidation sites excluding steroid dienone is 4. The summed E-state index contributed by atoms with van der Waals surface area (Å²) in [6.07, 6.45) is 6.39. The number of nitrogens with two attached hydrogens (primary N) is 1. The third kappa shape index (κ3) is 9.44. The largest absolute Gasteiger partial charge is 0.375 e. The van der Waals surface area contributed by atoms with Crippen LogP contribution in [0.5, 0.6) is 0 Å². The number of hydrogen-bond acceptors (Lipinski definition) is 3. The SMILES string of the molecule is CC(C)=CCCC(C)=CC(C=O)=NNC(N)=S. The van der Waals surface area contributed by atoms with Crippen LogP contribution in [-0.2, 0) is 4.79 Å². The van der Waals surface area contributed by atoms with Gasteiger partial charge in [0.2, 0.25) is 0 Å². The van der Waals surface area contributed by atoms with E-state index in [0.717, 1.165) is 18.4 Å². The van der Waals surface area contributed by atoms with Crippen molar-refractivity contribution in [2.75, 3.05) is 0 Å². The lowest BCUT2D eigenvalue weighted by Gasteiger charge is -1.99. The van der Waals surface area contributed by atoms with Crippen LogP contribution < -0.4 is 11.2 Å². The third-order valence-corrected chi connectivity index (χ3v) is 1.99. The molecule has 0 unspecified atom stereocenters. The summed E-state index contributed by atoms with van der Waals surface area (Å²) in [5, 5.41) is 3.81. The van der Waals surface area contributed by atoms with Gasteiger partial charge >= 0.3 is 0 Å². The van der Waals surface area contributed by atoms with Crippen molar-refractivity contribution in [2.45, 2.75) is 33.6 Å². The van der Waals surface area contributed by atoms with E-state index in [1.807, 2.05) is 6.92 Å². The first-order valence-corrected chi connectivity index (χ1v) is 5.75. The van der Waals surface area contributed by atoms with Crippen molar-refractivity contribution in [2.24, 2.45) is 10.8 Å². The number of hydrogen-bond donors (Lipinski definition) is 2. The molecule has 0 saturated carbocycles. The lowest BCUT2D eigenvalue weighted by molar-refractivity contribution is -0.102. The Morgan fingerprint density at radius 1 is 1.41 bits per heavy atom. The highest BCUT2D eigenvalue weighted by atomic mass is 32.1. The Labute approximate surface area is 108 Å². The molecule has 0 rings (SSSR count). The number of thiocarbonyl (C=S) groups is 1. The molecule has 4 nitrogen and oxygen atoms in total. The van der Waals surface area contributed by atoms with E-state index in [-0.39, 0.29) is 10.8 Å². The topological polar surface area (TPSA) is 67.5 Å². The van der Waals surface area contributed by atoms with Crippen LogP contribution in [-0.4, -0.2) is 17.1 Å². The highest BCUT2D eigenvalue weighted by Gasteiger charge is 1.95. The minimum atomic E-state index is 0.0416. The molecule has 0 heterocycles. The smallest absolute Gasteiger partial charge is 0.184 e. The standard InChI is InChI=1S/C12H19N3OS/c1-9(2)5-4-6-10(3)7-11(8-16)14-15-12(13)17/h5,7-8H,4,6H2,1-3H3,(H3,13,15,17). The summed E-state index contributed by atoms with van der Waals surface area (Å²) in [6.45, 7) is 6.07. The molecule has 0 aromatic rings. The van der Waals surface area contributed by atoms with Gasteiger partial charge in [0.25, 0.3) is 0 Å². The molecule has 0 fully saturated rings. The molecule has 0 aliphatic carbocycles. The fourth-order valence-electron chi connectivity index (χ4n) is 1.13. The monoisotopic (exact) mass is 253 g/mol. The van der Waals surface area contributed by atoms with Gasteiger partial charge in [0, 0.05) is 0 Å². The third-order valence-electron chi connectivity index (χ3n) is 1.90. The zero-order chi connectivity index (χ0) is 13.3. The van der Waals surface area contributed by atoms with Gasteiger partial charge in [-0.05, 0) is 51.9 Å². The van der Waals surface area contributed by atoms with Gasteiger partial charge < -0.3 is 5.73 Å². The van der Waals surface area contributed by atoms with E-state index in [2.05, 4.69) is 42.7 Å². The normalized spacial score (nSPS) is 11.9. The van der Waals surface area contributed by atoms with E-state index in [1.165, 1.54) is 5.57 Å². The molecular weight excluding hydrogens is 234 g/mol. The van der Waals surface area contributed by atoms with Gasteiger partial charge in [-0.2, -0.15) is 5.10 Å². The van der Waals surface area contributed by atoms with Crippen molar-refractivity contribution >= 4 is 29.3 Å². The second-order valence-electron chi connectivity index (χ2n) is 3.94. The van der Waals surface area contributed by atoms with Crippen molar-refractivity contribution in [1.29, 1.82) is 0 Å². The fourth-order valence-corrected chi connectivity index (χ4v) is 1.17. The molecule has 0 aliphatic heterocycles. The Kier molecular flexibility index (Phi) is 7.88. The van der Waals surface area contributed by atoms with Crippen molar-refractivity contribution in [3.63, 3.8) is 0 Å². The molecule has 0 radical (unpaired) electrons. The fraction of sp³-hybridized carbons (Fsp3) is 0.417. The zero-order valence-electron chi connectivity index (χ0n) is 10.5. The van der Waals surface area contributed by atoms with Gasteiger partial charge in [-0.1, -0.05) is 17.2 Å². The van der Waals surface area contributed by atoms with Crippen LogP contribution in [0.15, 0.2) is 28.4 Å². The Morgan fingerprint density at radius 2 is 2.06 bits per heavy atom. The van der Waals surface area contributed by atoms with Gasteiger partial charge in [0.15, 0.2) is 11.4 Å². The van der Waals surface area contributed by atoms with E-state index in [0.29, 0.717) is 6.29 Å². The zero-order valence-corrected chi connectivity index (χ0v) is 11.3. The van der Waals surface area contributed by atoms with E-state index in [9.17, 15) is 4.79 Å². The number of hydrazone groups is 1. The van der Waals surface area contributed by atoms with Crippen LogP contribution in [0, 0.1) is 0 Å². The van der Waals surface area contributed by atoms with Crippen LogP contribution in [0.2, 0.25) is 0 Å². The van der Waals surface area contributed by atoms with Gasteiger partial charge in [-0.3, -0.25) is 10.2 Å². The molecule has 0 atom stereocenters. The number of rotatable bonds is 6. The molecule has 0 aromatic heterocycles. The van der Waals surface area contributed by atoms with Gasteiger partial charge in [0.1, 0.15) is 5.71 Å². The van der Waals surface area contributed by atoms with Crippen LogP contribution in [0.3, 0.4) is 0 Å². The Hall–Kier alpha value is -1.49. The molecule has 94 valence electrons. The molecule has 0 spiro atoms. The second kappa shape index (κ2) is 8.64. The first-order valence-electron chi connectivity index (χ1n) is 5.34. The summed E-state index contributed by atoms with van der Waals surface area (Å²) in [7, 11) is 0. The molecule has 0 saturated heterocycles. The average molecular weight is 253 g/mol. The molecule has 5 heteroatoms. The highest BCUT2D eigenvalue weighted by molar-refractivity contribution is 7.80. The Balaban J connectivity index is 4.41. The van der Waals surface area contributed by atoms with Crippen molar-refractivity contribution in [3.8, 4) is 0 Å². The van der Waals surface area contributed by atoms with Gasteiger partial charge in [0.05, 0.1) is 0 Å². The summed E-state index contributed by atoms with van der Waals surface area (Å²) >= 11 is 4.59. The van der Waals surface area contributed by atoms with E-state index >= 15 is 0 Å². The number of aldehydes is 1. The maximum Gasteiger partial charge on any atom is 0.184 e. The molecule has 17 heavy (non-hydrogen) atoms. The molecule has 0 aliphatic rings. The summed E-state index contributed by atoms with van der Waals surface area (Å²) in [5.41, 5.74) is 10.2. The molecule has 0 bridgehead atoms. The van der Waals surface area contributed by atoms with E-state index in [1.54, 1.807) is 6.08 Å². The first-order chi connectivity index (χ1) is 7.95. The number of nitrogens with one attached hydrogen (secondary N) is 1. The van der Waals surface area contributed by atoms with Crippen LogP contribution in [0.25, 0.3) is 0 Å². The second-order valence-corrected chi connectivity index (χ2v) is 4.38. The molecule has 0 aromatic carbocycles. The maximum absolute atomic E-state index is 10.7. The Bertz CT molecular complexity index is 366. The van der Waals surface area contributed by atoms with Crippen LogP contribution in [0.1, 0.15) is 33.6 Å². The first kappa shape index (κ1) is 15.5. The lowest BCUT2D eigenvalue weighted by atomic mass is 10.1. The quantitative estimate of drug-likeness (QED) is 0.250. The van der Waals surface area contributed by atoms with Crippen molar-refractivity contribution < 1.29 is 4.79 Å². The van der Waals surface area contributed by atoms with Gasteiger partial charge in [-0.25, -0.2) is 0 Å². The van der Waals surface area contributed by atoms with Crippen LogP contribution in [0.4, 0.5) is 0 Å². The van der Waals surface area contributed by atoms with E-state index in [4.69, 9.17) is 5.73 Å². The number of carbonyl (C=O) groups excluding carboxylic acids is 1. The van der Waals surface area contributed by atoms with Crippen LogP contribution >= 0.6 is 12.2 Å². The van der Waals surface area contributed by atoms with Crippen molar-refractivity contribution in [1.82, 2.24) is 5.43 Å². The predicted octanol–water partition coefficient (Wildman–Crippen LogP) is 2.07. The molecule has 0 amide bonds. The highest BCUT2D eigenvalue weighted by Crippen LogP contribution is 2.06. The summed E-state index contributed by atoms with van der Waals surface area (Å²) in [5.74, 6) is 0. The Morgan fingerprint density at radius 3 is 2.53 bits per heavy atom. The maximum atomic E-state index is 10.7. The van der Waals surface area contributed by atoms with E-state index < -0.39 is 0 Å². The number of nitrogens with zero attached hydrogens (tertiary/aromatic N) is 1. The number of carbonyl (C=O) groups is 1. The lowest BCUT2D eigenvalue weighted by Crippen LogP contribution is -2.25. The summed E-state index contributed by atoms with van der Waals surface area (Å²) in [4.78, 5) is 10.7.